The molecule has 1 aromatic carbocycles. The molecule has 1 aromatic heterocycles. The predicted molar refractivity (Wildman–Crippen MR) is 60.9 cm³/mol. The molecule has 17 heavy (non-hydrogen) atoms. The number of halogens is 2. The van der Waals surface area contributed by atoms with Crippen molar-refractivity contribution in [1.82, 2.24) is 10.2 Å². The summed E-state index contributed by atoms with van der Waals surface area (Å²) >= 11 is 3.13. The Bertz CT molecular complexity index is 598. The molecule has 0 amide bonds. The fourth-order valence-corrected chi connectivity index (χ4v) is 1.47. The van der Waals surface area contributed by atoms with Gasteiger partial charge < -0.3 is 4.74 Å². The Hall–Kier alpha value is -2.00. The van der Waals surface area contributed by atoms with Gasteiger partial charge in [-0.3, -0.25) is 0 Å². The van der Waals surface area contributed by atoms with Gasteiger partial charge >= 0.3 is 0 Å². The lowest BCUT2D eigenvalue weighted by molar-refractivity contribution is 0.420. The average molecular weight is 294 g/mol. The second kappa shape index (κ2) is 4.89. The van der Waals surface area contributed by atoms with E-state index in [0.717, 1.165) is 0 Å². The Morgan fingerprint density at radius 3 is 2.88 bits per heavy atom. The van der Waals surface area contributed by atoms with Gasteiger partial charge in [0.05, 0.1) is 6.20 Å². The van der Waals surface area contributed by atoms with Crippen LogP contribution in [0, 0.1) is 17.1 Å². The molecular weight excluding hydrogens is 289 g/mol. The van der Waals surface area contributed by atoms with Gasteiger partial charge in [0.2, 0.25) is 0 Å². The number of nitrogens with zero attached hydrogens (tertiary/aromatic N) is 3. The van der Waals surface area contributed by atoms with Gasteiger partial charge in [-0.25, -0.2) is 4.39 Å². The van der Waals surface area contributed by atoms with Crippen molar-refractivity contribution in [3.05, 3.63) is 46.3 Å². The third-order valence-electron chi connectivity index (χ3n) is 1.91. The summed E-state index contributed by atoms with van der Waals surface area (Å²) in [7, 11) is 0. The smallest absolute Gasteiger partial charge is 0.257 e. The number of hydrogen-bond acceptors (Lipinski definition) is 4. The van der Waals surface area contributed by atoms with Gasteiger partial charge in [0.15, 0.2) is 11.6 Å². The van der Waals surface area contributed by atoms with E-state index < -0.39 is 5.82 Å². The van der Waals surface area contributed by atoms with E-state index >= 15 is 0 Å². The van der Waals surface area contributed by atoms with E-state index in [1.54, 1.807) is 6.07 Å². The number of nitriles is 1. The Morgan fingerprint density at radius 1 is 1.35 bits per heavy atom. The maximum atomic E-state index is 13.5. The van der Waals surface area contributed by atoms with Gasteiger partial charge in [0, 0.05) is 4.47 Å². The Labute approximate surface area is 105 Å². The van der Waals surface area contributed by atoms with Gasteiger partial charge in [-0.2, -0.15) is 10.4 Å². The fraction of sp³-hybridized carbons (Fsp3) is 0. The monoisotopic (exact) mass is 293 g/mol. The van der Waals surface area contributed by atoms with Crippen molar-refractivity contribution in [3.63, 3.8) is 0 Å². The molecule has 0 aliphatic carbocycles. The van der Waals surface area contributed by atoms with E-state index in [2.05, 4.69) is 26.1 Å². The van der Waals surface area contributed by atoms with Crippen LogP contribution in [0.5, 0.6) is 11.6 Å². The second-order valence-electron chi connectivity index (χ2n) is 3.04. The minimum Gasteiger partial charge on any atom is -0.433 e. The summed E-state index contributed by atoms with van der Waals surface area (Å²) in [6, 6.07) is 7.66. The topological polar surface area (TPSA) is 58.8 Å². The number of ether oxygens (including phenoxy) is 1. The molecule has 0 saturated heterocycles. The van der Waals surface area contributed by atoms with E-state index in [1.807, 2.05) is 6.07 Å². The lowest BCUT2D eigenvalue weighted by Gasteiger charge is -2.06. The molecular formula is C11H5BrFN3O. The van der Waals surface area contributed by atoms with Crippen LogP contribution in [0.3, 0.4) is 0 Å². The van der Waals surface area contributed by atoms with Crippen LogP contribution in [0.2, 0.25) is 0 Å². The van der Waals surface area contributed by atoms with Crippen LogP contribution in [0.4, 0.5) is 4.39 Å². The van der Waals surface area contributed by atoms with Crippen molar-refractivity contribution in [2.75, 3.05) is 0 Å². The SMILES string of the molecule is N#Cc1ccnnc1Oc1ccc(Br)cc1F. The first-order valence-corrected chi connectivity index (χ1v) is 5.34. The predicted octanol–water partition coefficient (Wildman–Crippen LogP) is 3.04. The molecule has 1 heterocycles. The molecule has 84 valence electrons. The molecule has 4 nitrogen and oxygen atoms in total. The normalized spacial score (nSPS) is 9.71. The summed E-state index contributed by atoms with van der Waals surface area (Å²) in [5, 5.41) is 16.0. The van der Waals surface area contributed by atoms with Gasteiger partial charge in [0.25, 0.3) is 5.88 Å². The number of hydrogen-bond donors (Lipinski definition) is 0. The van der Waals surface area contributed by atoms with Crippen LogP contribution in [0.25, 0.3) is 0 Å². The molecule has 0 aliphatic rings. The lowest BCUT2D eigenvalue weighted by Crippen LogP contribution is -1.95. The van der Waals surface area contributed by atoms with Gasteiger partial charge in [0.1, 0.15) is 11.6 Å². The number of aromatic nitrogens is 2. The molecule has 0 fully saturated rings. The van der Waals surface area contributed by atoms with Gasteiger partial charge in [-0.15, -0.1) is 5.10 Å². The molecule has 2 aromatic rings. The third-order valence-corrected chi connectivity index (χ3v) is 2.40. The zero-order valence-corrected chi connectivity index (χ0v) is 9.98. The molecule has 0 atom stereocenters. The maximum absolute atomic E-state index is 13.5. The summed E-state index contributed by atoms with van der Waals surface area (Å²) in [5.41, 5.74) is 0.197. The van der Waals surface area contributed by atoms with Crippen LogP contribution >= 0.6 is 15.9 Å². The standard InChI is InChI=1S/C11H5BrFN3O/c12-8-1-2-10(9(13)5-8)17-11-7(6-14)3-4-15-16-11/h1-5H. The summed E-state index contributed by atoms with van der Waals surface area (Å²) in [4.78, 5) is 0. The lowest BCUT2D eigenvalue weighted by atomic mass is 10.3. The molecule has 0 saturated carbocycles. The highest BCUT2D eigenvalue weighted by Crippen LogP contribution is 2.26. The first kappa shape index (κ1) is 11.5. The second-order valence-corrected chi connectivity index (χ2v) is 3.95. The van der Waals surface area contributed by atoms with Crippen LogP contribution < -0.4 is 4.74 Å². The molecule has 0 bridgehead atoms. The van der Waals surface area contributed by atoms with Gasteiger partial charge in [-0.1, -0.05) is 15.9 Å². The average Bonchev–Trinajstić information content (AvgIpc) is 2.33. The van der Waals surface area contributed by atoms with Crippen LogP contribution in [-0.4, -0.2) is 10.2 Å². The summed E-state index contributed by atoms with van der Waals surface area (Å²) < 4.78 is 19.3. The quantitative estimate of drug-likeness (QED) is 0.854. The van der Waals surface area contributed by atoms with Crippen molar-refractivity contribution in [2.24, 2.45) is 0 Å². The number of rotatable bonds is 2. The van der Waals surface area contributed by atoms with E-state index in [1.165, 1.54) is 24.4 Å². The minimum atomic E-state index is -0.547. The van der Waals surface area contributed by atoms with Crippen LogP contribution in [0.1, 0.15) is 5.56 Å². The van der Waals surface area contributed by atoms with E-state index in [4.69, 9.17) is 10.00 Å². The van der Waals surface area contributed by atoms with E-state index in [-0.39, 0.29) is 17.2 Å². The largest absolute Gasteiger partial charge is 0.433 e. The highest BCUT2D eigenvalue weighted by Gasteiger charge is 2.10. The molecule has 0 spiro atoms. The highest BCUT2D eigenvalue weighted by molar-refractivity contribution is 9.10. The van der Waals surface area contributed by atoms with Crippen molar-refractivity contribution >= 4 is 15.9 Å². The fourth-order valence-electron chi connectivity index (χ4n) is 1.14. The first-order chi connectivity index (χ1) is 8.20. The number of benzene rings is 1. The summed E-state index contributed by atoms with van der Waals surface area (Å²) in [6.45, 7) is 0. The Morgan fingerprint density at radius 2 is 2.18 bits per heavy atom. The zero-order chi connectivity index (χ0) is 12.3. The molecule has 6 heteroatoms. The Kier molecular flexibility index (Phi) is 3.30. The summed E-state index contributed by atoms with van der Waals surface area (Å²) in [6.07, 6.45) is 1.36. The van der Waals surface area contributed by atoms with Crippen molar-refractivity contribution in [2.45, 2.75) is 0 Å². The first-order valence-electron chi connectivity index (χ1n) is 4.55. The van der Waals surface area contributed by atoms with Crippen molar-refractivity contribution in [3.8, 4) is 17.7 Å². The maximum Gasteiger partial charge on any atom is 0.257 e. The Balaban J connectivity index is 2.35. The van der Waals surface area contributed by atoms with Crippen LogP contribution in [0.15, 0.2) is 34.9 Å². The highest BCUT2D eigenvalue weighted by atomic mass is 79.9. The molecule has 0 N–H and O–H groups in total. The van der Waals surface area contributed by atoms with E-state index in [9.17, 15) is 4.39 Å². The molecule has 0 aliphatic heterocycles. The minimum absolute atomic E-state index is 0.00907. The van der Waals surface area contributed by atoms with Gasteiger partial charge in [-0.05, 0) is 24.3 Å². The molecule has 0 radical (unpaired) electrons. The van der Waals surface area contributed by atoms with Crippen molar-refractivity contribution in [1.29, 1.82) is 5.26 Å². The molecule has 0 unspecified atom stereocenters. The zero-order valence-electron chi connectivity index (χ0n) is 8.39. The van der Waals surface area contributed by atoms with Crippen molar-refractivity contribution < 1.29 is 9.13 Å². The third kappa shape index (κ3) is 2.57. The molecule has 2 rings (SSSR count). The van der Waals surface area contributed by atoms with E-state index in [0.29, 0.717) is 4.47 Å². The summed E-state index contributed by atoms with van der Waals surface area (Å²) in [5.74, 6) is -0.574. The van der Waals surface area contributed by atoms with Crippen LogP contribution in [-0.2, 0) is 0 Å².